The highest BCUT2D eigenvalue weighted by molar-refractivity contribution is 9.10. The molecule has 1 saturated carbocycles. The highest BCUT2D eigenvalue weighted by Gasteiger charge is 2.30. The second-order valence-corrected chi connectivity index (χ2v) is 6.37. The van der Waals surface area contributed by atoms with Gasteiger partial charge < -0.3 is 5.32 Å². The van der Waals surface area contributed by atoms with Gasteiger partial charge in [0, 0.05) is 10.5 Å². The minimum absolute atomic E-state index is 0.196. The van der Waals surface area contributed by atoms with Gasteiger partial charge in [-0.05, 0) is 59.3 Å². The molecule has 1 aliphatic rings. The number of hydrogen-bond acceptors (Lipinski definition) is 1. The van der Waals surface area contributed by atoms with Crippen molar-refractivity contribution in [2.75, 3.05) is 5.32 Å². The van der Waals surface area contributed by atoms with E-state index in [1.165, 1.54) is 17.2 Å². The molecule has 1 nitrogen and oxygen atoms in total. The van der Waals surface area contributed by atoms with Gasteiger partial charge in [0.1, 0.15) is 5.82 Å². The third-order valence-electron chi connectivity index (χ3n) is 4.00. The summed E-state index contributed by atoms with van der Waals surface area (Å²) in [5.41, 5.74) is 3.26. The van der Waals surface area contributed by atoms with Crippen molar-refractivity contribution >= 4 is 21.6 Å². The Morgan fingerprint density at radius 1 is 1.10 bits per heavy atom. The lowest BCUT2D eigenvalue weighted by molar-refractivity contribution is 0.372. The number of nitrogens with one attached hydrogen (secondary N) is 1. The number of halogens is 2. The van der Waals surface area contributed by atoms with Crippen LogP contribution in [0.1, 0.15) is 29.9 Å². The van der Waals surface area contributed by atoms with E-state index in [0.29, 0.717) is 17.6 Å². The molecule has 3 heteroatoms. The molecule has 2 aromatic rings. The van der Waals surface area contributed by atoms with Gasteiger partial charge in [-0.1, -0.05) is 35.9 Å². The first-order valence-electron chi connectivity index (χ1n) is 6.90. The number of rotatable bonds is 3. The van der Waals surface area contributed by atoms with Crippen molar-refractivity contribution in [1.82, 2.24) is 0 Å². The fourth-order valence-electron chi connectivity index (χ4n) is 2.69. The van der Waals surface area contributed by atoms with Crippen LogP contribution in [0, 0.1) is 12.7 Å². The molecule has 0 aromatic heterocycles. The molecular weight excluding hydrogens is 317 g/mol. The quantitative estimate of drug-likeness (QED) is 0.808. The zero-order chi connectivity index (χ0) is 14.1. The molecule has 0 heterocycles. The number of para-hydroxylation sites is 1. The topological polar surface area (TPSA) is 12.0 Å². The zero-order valence-corrected chi connectivity index (χ0v) is 13.0. The fourth-order valence-corrected chi connectivity index (χ4v) is 3.14. The monoisotopic (exact) mass is 333 g/mol. The number of benzene rings is 2. The summed E-state index contributed by atoms with van der Waals surface area (Å²) >= 11 is 3.39. The third-order valence-corrected chi connectivity index (χ3v) is 4.66. The van der Waals surface area contributed by atoms with Crippen molar-refractivity contribution in [3.8, 4) is 0 Å². The first kappa shape index (κ1) is 13.6. The maximum Gasteiger partial charge on any atom is 0.147 e. The smallest absolute Gasteiger partial charge is 0.147 e. The Balaban J connectivity index is 1.62. The molecule has 0 saturated heterocycles. The van der Waals surface area contributed by atoms with E-state index in [1.54, 1.807) is 6.07 Å². The van der Waals surface area contributed by atoms with E-state index in [1.807, 2.05) is 6.07 Å². The molecule has 0 spiro atoms. The number of aryl methyl sites for hydroxylation is 1. The van der Waals surface area contributed by atoms with E-state index >= 15 is 0 Å². The molecule has 20 heavy (non-hydrogen) atoms. The second kappa shape index (κ2) is 5.57. The van der Waals surface area contributed by atoms with Gasteiger partial charge in [0.2, 0.25) is 0 Å². The predicted octanol–water partition coefficient (Wildman–Crippen LogP) is 5.25. The Kier molecular flexibility index (Phi) is 3.79. The first-order chi connectivity index (χ1) is 9.63. The first-order valence-corrected chi connectivity index (χ1v) is 7.70. The summed E-state index contributed by atoms with van der Waals surface area (Å²) in [7, 11) is 0. The second-order valence-electron chi connectivity index (χ2n) is 5.52. The highest BCUT2D eigenvalue weighted by Crippen LogP contribution is 2.39. The van der Waals surface area contributed by atoms with Crippen molar-refractivity contribution in [2.24, 2.45) is 0 Å². The van der Waals surface area contributed by atoms with Crippen LogP contribution in [0.2, 0.25) is 0 Å². The Labute approximate surface area is 127 Å². The molecule has 1 N–H and O–H groups in total. The summed E-state index contributed by atoms with van der Waals surface area (Å²) in [6.45, 7) is 2.10. The van der Waals surface area contributed by atoms with Crippen molar-refractivity contribution in [3.63, 3.8) is 0 Å². The van der Waals surface area contributed by atoms with Crippen molar-refractivity contribution in [2.45, 2.75) is 31.7 Å². The predicted molar refractivity (Wildman–Crippen MR) is 84.7 cm³/mol. The standard InChI is InChI=1S/C17H17BrFN/c1-11-5-7-12(8-6-11)13-9-14(10-13)20-17-15(18)3-2-4-16(17)19/h2-8,13-14,20H,9-10H2,1H3. The fraction of sp³-hybridized carbons (Fsp3) is 0.294. The van der Waals surface area contributed by atoms with Crippen molar-refractivity contribution in [3.05, 3.63) is 63.9 Å². The van der Waals surface area contributed by atoms with Crippen molar-refractivity contribution < 1.29 is 4.39 Å². The van der Waals surface area contributed by atoms with Gasteiger partial charge in [-0.15, -0.1) is 0 Å². The van der Waals surface area contributed by atoms with Gasteiger partial charge in [0.25, 0.3) is 0 Å². The van der Waals surface area contributed by atoms with E-state index in [2.05, 4.69) is 52.4 Å². The molecule has 2 aromatic carbocycles. The largest absolute Gasteiger partial charge is 0.379 e. The normalized spacial score (nSPS) is 21.4. The van der Waals surface area contributed by atoms with Crippen LogP contribution in [-0.4, -0.2) is 6.04 Å². The van der Waals surface area contributed by atoms with Gasteiger partial charge in [-0.25, -0.2) is 4.39 Å². The molecule has 1 fully saturated rings. The van der Waals surface area contributed by atoms with E-state index in [-0.39, 0.29) is 5.82 Å². The average Bonchev–Trinajstić information content (AvgIpc) is 2.38. The molecule has 0 aliphatic heterocycles. The van der Waals surface area contributed by atoms with E-state index in [4.69, 9.17) is 0 Å². The van der Waals surface area contributed by atoms with E-state index < -0.39 is 0 Å². The van der Waals surface area contributed by atoms with Crippen LogP contribution in [0.4, 0.5) is 10.1 Å². The van der Waals surface area contributed by atoms with Gasteiger partial charge in [-0.3, -0.25) is 0 Å². The Morgan fingerprint density at radius 2 is 1.80 bits per heavy atom. The molecule has 0 radical (unpaired) electrons. The summed E-state index contributed by atoms with van der Waals surface area (Å²) in [4.78, 5) is 0. The summed E-state index contributed by atoms with van der Waals surface area (Å²) in [5, 5.41) is 3.30. The number of anilines is 1. The summed E-state index contributed by atoms with van der Waals surface area (Å²) in [5.74, 6) is 0.400. The van der Waals surface area contributed by atoms with Gasteiger partial charge in [0.05, 0.1) is 5.69 Å². The van der Waals surface area contributed by atoms with Gasteiger partial charge in [-0.2, -0.15) is 0 Å². The molecule has 0 amide bonds. The maximum atomic E-state index is 13.7. The Morgan fingerprint density at radius 3 is 2.45 bits per heavy atom. The van der Waals surface area contributed by atoms with Gasteiger partial charge >= 0.3 is 0 Å². The van der Waals surface area contributed by atoms with E-state index in [0.717, 1.165) is 17.3 Å². The molecule has 1 aliphatic carbocycles. The zero-order valence-electron chi connectivity index (χ0n) is 11.4. The molecule has 3 rings (SSSR count). The van der Waals surface area contributed by atoms with E-state index in [9.17, 15) is 4.39 Å². The van der Waals surface area contributed by atoms with Crippen molar-refractivity contribution in [1.29, 1.82) is 0 Å². The molecule has 0 atom stereocenters. The van der Waals surface area contributed by atoms with Crippen LogP contribution in [0.15, 0.2) is 46.9 Å². The van der Waals surface area contributed by atoms with Crippen LogP contribution in [-0.2, 0) is 0 Å². The lowest BCUT2D eigenvalue weighted by Gasteiger charge is -2.37. The minimum atomic E-state index is -0.196. The molecular formula is C17H17BrFN. The maximum absolute atomic E-state index is 13.7. The van der Waals surface area contributed by atoms with Crippen LogP contribution >= 0.6 is 15.9 Å². The molecule has 0 bridgehead atoms. The lowest BCUT2D eigenvalue weighted by Crippen LogP contribution is -2.34. The summed E-state index contributed by atoms with van der Waals surface area (Å²) < 4.78 is 14.5. The minimum Gasteiger partial charge on any atom is -0.379 e. The number of hydrogen-bond donors (Lipinski definition) is 1. The van der Waals surface area contributed by atoms with Crippen LogP contribution in [0.3, 0.4) is 0 Å². The third kappa shape index (κ3) is 2.73. The SMILES string of the molecule is Cc1ccc(C2CC(Nc3c(F)cccc3Br)C2)cc1. The lowest BCUT2D eigenvalue weighted by atomic mass is 9.75. The average molecular weight is 334 g/mol. The van der Waals surface area contributed by atoms with Gasteiger partial charge in [0.15, 0.2) is 0 Å². The highest BCUT2D eigenvalue weighted by atomic mass is 79.9. The summed E-state index contributed by atoms with van der Waals surface area (Å²) in [6.07, 6.45) is 2.12. The van der Waals surface area contributed by atoms with Crippen LogP contribution in [0.5, 0.6) is 0 Å². The van der Waals surface area contributed by atoms with Crippen LogP contribution < -0.4 is 5.32 Å². The summed E-state index contributed by atoms with van der Waals surface area (Å²) in [6, 6.07) is 14.1. The molecule has 104 valence electrons. The van der Waals surface area contributed by atoms with Crippen LogP contribution in [0.25, 0.3) is 0 Å². The Hall–Kier alpha value is -1.35. The molecule has 0 unspecified atom stereocenters. The Bertz CT molecular complexity index is 583.